The highest BCUT2D eigenvalue weighted by molar-refractivity contribution is 5.09. The summed E-state index contributed by atoms with van der Waals surface area (Å²) < 4.78 is 0. The Bertz CT molecular complexity index is 277. The molecule has 1 fully saturated rings. The second-order valence-electron chi connectivity index (χ2n) is 6.24. The van der Waals surface area contributed by atoms with Crippen molar-refractivity contribution in [2.45, 2.75) is 52.0 Å². The maximum Gasteiger partial charge on any atom is 0.0113 e. The van der Waals surface area contributed by atoms with Gasteiger partial charge in [0.15, 0.2) is 0 Å². The Hall–Kier alpha value is -0.340. The Morgan fingerprint density at radius 2 is 1.94 bits per heavy atom. The zero-order valence-corrected chi connectivity index (χ0v) is 12.5. The molecule has 1 aliphatic carbocycles. The smallest absolute Gasteiger partial charge is 0.0113 e. The van der Waals surface area contributed by atoms with Gasteiger partial charge in [-0.1, -0.05) is 31.9 Å². The van der Waals surface area contributed by atoms with E-state index in [-0.39, 0.29) is 0 Å². The Labute approximate surface area is 113 Å². The van der Waals surface area contributed by atoms with Crippen molar-refractivity contribution in [1.29, 1.82) is 0 Å². The molecule has 2 heteroatoms. The van der Waals surface area contributed by atoms with Crippen molar-refractivity contribution >= 4 is 0 Å². The maximum atomic E-state index is 2.75. The number of likely N-dealkylation sites (N-methyl/N-ethyl adjacent to an activating group) is 1. The van der Waals surface area contributed by atoms with Gasteiger partial charge in [0.25, 0.3) is 0 Å². The van der Waals surface area contributed by atoms with Gasteiger partial charge in [0.1, 0.15) is 0 Å². The van der Waals surface area contributed by atoms with Crippen LogP contribution >= 0.6 is 0 Å². The summed E-state index contributed by atoms with van der Waals surface area (Å²) in [6, 6.07) is 0.833. The van der Waals surface area contributed by atoms with E-state index in [1.54, 1.807) is 5.57 Å². The number of hydrogen-bond acceptors (Lipinski definition) is 2. The summed E-state index contributed by atoms with van der Waals surface area (Å²) in [5.74, 6) is 0.803. The van der Waals surface area contributed by atoms with E-state index < -0.39 is 0 Å². The monoisotopic (exact) mass is 250 g/mol. The van der Waals surface area contributed by atoms with Crippen LogP contribution in [0.15, 0.2) is 11.6 Å². The van der Waals surface area contributed by atoms with Crippen molar-refractivity contribution in [1.82, 2.24) is 9.80 Å². The van der Waals surface area contributed by atoms with Crippen molar-refractivity contribution in [3.05, 3.63) is 11.6 Å². The molecule has 0 saturated carbocycles. The zero-order chi connectivity index (χ0) is 13.0. The largest absolute Gasteiger partial charge is 0.304 e. The minimum absolute atomic E-state index is 0.803. The number of allylic oxidation sites excluding steroid dienone is 2. The standard InChI is InChI=1S/C16H30N2/c1-4-6-15-7-5-8-16(13-14(15)2)18-11-9-17(3)10-12-18/h7,14,16H,4-6,8-13H2,1-3H3/t14-,16?/m0/s1. The van der Waals surface area contributed by atoms with Gasteiger partial charge < -0.3 is 4.90 Å². The van der Waals surface area contributed by atoms with Crippen molar-refractivity contribution in [3.8, 4) is 0 Å². The lowest BCUT2D eigenvalue weighted by atomic mass is 9.92. The normalized spacial score (nSPS) is 32.1. The van der Waals surface area contributed by atoms with E-state index in [1.165, 1.54) is 58.3 Å². The van der Waals surface area contributed by atoms with Gasteiger partial charge in [-0.25, -0.2) is 0 Å². The molecule has 0 spiro atoms. The van der Waals surface area contributed by atoms with Crippen LogP contribution in [0.2, 0.25) is 0 Å². The second-order valence-corrected chi connectivity index (χ2v) is 6.24. The average molecular weight is 250 g/mol. The molecule has 0 aromatic carbocycles. The van der Waals surface area contributed by atoms with E-state index in [2.05, 4.69) is 36.8 Å². The molecule has 0 aromatic heterocycles. The van der Waals surface area contributed by atoms with E-state index in [1.807, 2.05) is 0 Å². The van der Waals surface area contributed by atoms with Crippen LogP contribution in [-0.4, -0.2) is 49.1 Å². The highest BCUT2D eigenvalue weighted by atomic mass is 15.3. The first-order valence-electron chi connectivity index (χ1n) is 7.82. The van der Waals surface area contributed by atoms with E-state index in [0.29, 0.717) is 0 Å². The van der Waals surface area contributed by atoms with Gasteiger partial charge in [0, 0.05) is 32.2 Å². The second kappa shape index (κ2) is 6.72. The van der Waals surface area contributed by atoms with Crippen LogP contribution in [0.25, 0.3) is 0 Å². The van der Waals surface area contributed by atoms with Crippen molar-refractivity contribution in [2.75, 3.05) is 33.2 Å². The van der Waals surface area contributed by atoms with E-state index in [4.69, 9.17) is 0 Å². The first-order valence-corrected chi connectivity index (χ1v) is 7.82. The van der Waals surface area contributed by atoms with Crippen LogP contribution < -0.4 is 0 Å². The zero-order valence-electron chi connectivity index (χ0n) is 12.5. The lowest BCUT2D eigenvalue weighted by Crippen LogP contribution is -2.49. The molecule has 0 aromatic rings. The summed E-state index contributed by atoms with van der Waals surface area (Å²) in [6.45, 7) is 9.79. The van der Waals surface area contributed by atoms with Gasteiger partial charge in [0.2, 0.25) is 0 Å². The van der Waals surface area contributed by atoms with Gasteiger partial charge in [-0.2, -0.15) is 0 Å². The number of nitrogens with zero attached hydrogens (tertiary/aromatic N) is 2. The lowest BCUT2D eigenvalue weighted by molar-refractivity contribution is 0.0984. The van der Waals surface area contributed by atoms with E-state index in [9.17, 15) is 0 Å². The third-order valence-corrected chi connectivity index (χ3v) is 4.76. The third kappa shape index (κ3) is 3.58. The molecule has 1 aliphatic heterocycles. The molecule has 0 bridgehead atoms. The number of hydrogen-bond donors (Lipinski definition) is 0. The van der Waals surface area contributed by atoms with Gasteiger partial charge in [-0.3, -0.25) is 4.90 Å². The Balaban J connectivity index is 1.89. The molecule has 2 rings (SSSR count). The first kappa shape index (κ1) is 14.1. The van der Waals surface area contributed by atoms with Crippen LogP contribution in [0.1, 0.15) is 46.0 Å². The molecule has 2 nitrogen and oxygen atoms in total. The fraction of sp³-hybridized carbons (Fsp3) is 0.875. The lowest BCUT2D eigenvalue weighted by Gasteiger charge is -2.38. The molecule has 1 heterocycles. The minimum atomic E-state index is 0.803. The van der Waals surface area contributed by atoms with Gasteiger partial charge in [-0.05, 0) is 38.6 Å². The molecule has 104 valence electrons. The highest BCUT2D eigenvalue weighted by Gasteiger charge is 2.26. The predicted molar refractivity (Wildman–Crippen MR) is 78.9 cm³/mol. The van der Waals surface area contributed by atoms with Crippen molar-refractivity contribution < 1.29 is 0 Å². The molecule has 0 radical (unpaired) electrons. The summed E-state index contributed by atoms with van der Waals surface area (Å²) in [5.41, 5.74) is 1.73. The average Bonchev–Trinajstić information content (AvgIpc) is 2.54. The van der Waals surface area contributed by atoms with E-state index >= 15 is 0 Å². The molecule has 18 heavy (non-hydrogen) atoms. The molecule has 2 aliphatic rings. The molecule has 0 amide bonds. The predicted octanol–water partition coefficient (Wildman–Crippen LogP) is 3.15. The number of rotatable bonds is 3. The molecular weight excluding hydrogens is 220 g/mol. The first-order chi connectivity index (χ1) is 8.70. The minimum Gasteiger partial charge on any atom is -0.304 e. The Kier molecular flexibility index (Phi) is 5.25. The number of piperazine rings is 1. The van der Waals surface area contributed by atoms with Crippen LogP contribution in [0, 0.1) is 5.92 Å². The Morgan fingerprint density at radius 1 is 1.22 bits per heavy atom. The van der Waals surface area contributed by atoms with Gasteiger partial charge >= 0.3 is 0 Å². The molecule has 0 N–H and O–H groups in total. The van der Waals surface area contributed by atoms with Crippen LogP contribution in [0.5, 0.6) is 0 Å². The fourth-order valence-electron chi connectivity index (χ4n) is 3.50. The maximum absolute atomic E-state index is 2.75. The van der Waals surface area contributed by atoms with Crippen LogP contribution in [0.4, 0.5) is 0 Å². The summed E-state index contributed by atoms with van der Waals surface area (Å²) in [6.07, 6.45) is 9.23. The third-order valence-electron chi connectivity index (χ3n) is 4.76. The topological polar surface area (TPSA) is 6.48 Å². The summed E-state index contributed by atoms with van der Waals surface area (Å²) in [7, 11) is 2.24. The molecule has 2 atom stereocenters. The summed E-state index contributed by atoms with van der Waals surface area (Å²) >= 11 is 0. The molecule has 1 unspecified atom stereocenters. The quantitative estimate of drug-likeness (QED) is 0.710. The highest BCUT2D eigenvalue weighted by Crippen LogP contribution is 2.29. The van der Waals surface area contributed by atoms with Crippen molar-refractivity contribution in [3.63, 3.8) is 0 Å². The van der Waals surface area contributed by atoms with Crippen molar-refractivity contribution in [2.24, 2.45) is 5.92 Å². The SMILES string of the molecule is CCCC1=CCCC(N2CCN(C)CC2)C[C@@H]1C. The molecule has 1 saturated heterocycles. The van der Waals surface area contributed by atoms with Crippen LogP contribution in [0.3, 0.4) is 0 Å². The van der Waals surface area contributed by atoms with Gasteiger partial charge in [-0.15, -0.1) is 0 Å². The summed E-state index contributed by atoms with van der Waals surface area (Å²) in [5, 5.41) is 0. The van der Waals surface area contributed by atoms with Crippen LogP contribution in [-0.2, 0) is 0 Å². The van der Waals surface area contributed by atoms with Gasteiger partial charge in [0.05, 0.1) is 0 Å². The summed E-state index contributed by atoms with van der Waals surface area (Å²) in [4.78, 5) is 5.20. The fourth-order valence-corrected chi connectivity index (χ4v) is 3.50. The molecular formula is C16H30N2. The van der Waals surface area contributed by atoms with E-state index in [0.717, 1.165) is 12.0 Å². The Morgan fingerprint density at radius 3 is 2.61 bits per heavy atom.